The van der Waals surface area contributed by atoms with E-state index in [2.05, 4.69) is 46.3 Å². The first-order valence-corrected chi connectivity index (χ1v) is 9.65. The molecule has 132 valence electrons. The standard InChI is InChI=1S/C19H19N5OS/c1-19(2)7-5-12(6-8-19)24-10-22-14-13-16(23-11-3-4-11)20-9-21-17(13)26-15(14)18(24)25/h5-7,9-11H,3-4,8H2,1-2H3,(H,20,21,23). The van der Waals surface area contributed by atoms with Crippen LogP contribution in [0.3, 0.4) is 0 Å². The lowest BCUT2D eigenvalue weighted by Crippen LogP contribution is -2.20. The highest BCUT2D eigenvalue weighted by Gasteiger charge is 2.25. The number of aromatic nitrogens is 4. The summed E-state index contributed by atoms with van der Waals surface area (Å²) in [6.07, 6.45) is 12.6. The second kappa shape index (κ2) is 5.48. The van der Waals surface area contributed by atoms with Crippen molar-refractivity contribution in [3.05, 3.63) is 41.2 Å². The third-order valence-corrected chi connectivity index (χ3v) is 5.99. The lowest BCUT2D eigenvalue weighted by molar-refractivity contribution is 0.484. The largest absolute Gasteiger partial charge is 0.367 e. The summed E-state index contributed by atoms with van der Waals surface area (Å²) in [5.74, 6) is 0.784. The Morgan fingerprint density at radius 3 is 2.85 bits per heavy atom. The fourth-order valence-corrected chi connectivity index (χ4v) is 4.20. The van der Waals surface area contributed by atoms with E-state index in [4.69, 9.17) is 0 Å². The van der Waals surface area contributed by atoms with Crippen LogP contribution >= 0.6 is 11.3 Å². The summed E-state index contributed by atoms with van der Waals surface area (Å²) < 4.78 is 2.26. The SMILES string of the molecule is CC1(C)C=CC(n2cnc3c(sc4ncnc(NC5CC5)c43)c2=O)=CC1. The highest BCUT2D eigenvalue weighted by atomic mass is 32.1. The van der Waals surface area contributed by atoms with Crippen molar-refractivity contribution < 1.29 is 0 Å². The first-order valence-electron chi connectivity index (χ1n) is 8.83. The number of anilines is 1. The van der Waals surface area contributed by atoms with Crippen molar-refractivity contribution in [1.82, 2.24) is 19.5 Å². The molecule has 26 heavy (non-hydrogen) atoms. The number of nitrogens with zero attached hydrogens (tertiary/aromatic N) is 4. The highest BCUT2D eigenvalue weighted by Crippen LogP contribution is 2.35. The predicted octanol–water partition coefficient (Wildman–Crippen LogP) is 3.80. The Morgan fingerprint density at radius 1 is 1.27 bits per heavy atom. The Hall–Kier alpha value is -2.54. The molecule has 0 aromatic carbocycles. The number of thiophene rings is 1. The van der Waals surface area contributed by atoms with E-state index < -0.39 is 0 Å². The van der Waals surface area contributed by atoms with Crippen LogP contribution in [0.15, 0.2) is 35.7 Å². The molecule has 1 saturated carbocycles. The first kappa shape index (κ1) is 15.7. The van der Waals surface area contributed by atoms with Gasteiger partial charge in [0.05, 0.1) is 5.39 Å². The summed E-state index contributed by atoms with van der Waals surface area (Å²) in [6.45, 7) is 4.36. The molecule has 2 aliphatic carbocycles. The van der Waals surface area contributed by atoms with Crippen molar-refractivity contribution in [3.8, 4) is 0 Å². The Kier molecular flexibility index (Phi) is 3.31. The average Bonchev–Trinajstić information content (AvgIpc) is 3.34. The van der Waals surface area contributed by atoms with Gasteiger partial charge in [-0.3, -0.25) is 9.36 Å². The monoisotopic (exact) mass is 365 g/mol. The maximum absolute atomic E-state index is 13.1. The Morgan fingerprint density at radius 2 is 2.12 bits per heavy atom. The third kappa shape index (κ3) is 2.54. The summed E-state index contributed by atoms with van der Waals surface area (Å²) in [5, 5.41) is 4.29. The van der Waals surface area contributed by atoms with E-state index in [-0.39, 0.29) is 11.0 Å². The number of hydrogen-bond donors (Lipinski definition) is 1. The molecule has 0 bridgehead atoms. The molecule has 0 saturated heterocycles. The highest BCUT2D eigenvalue weighted by molar-refractivity contribution is 7.25. The van der Waals surface area contributed by atoms with E-state index in [1.165, 1.54) is 11.3 Å². The van der Waals surface area contributed by atoms with Gasteiger partial charge in [0.15, 0.2) is 0 Å². The van der Waals surface area contributed by atoms with Crippen LogP contribution < -0.4 is 10.9 Å². The zero-order chi connectivity index (χ0) is 17.9. The van der Waals surface area contributed by atoms with Crippen molar-refractivity contribution in [1.29, 1.82) is 0 Å². The third-order valence-electron chi connectivity index (χ3n) is 4.92. The van der Waals surface area contributed by atoms with Crippen molar-refractivity contribution in [2.45, 2.75) is 39.2 Å². The summed E-state index contributed by atoms with van der Waals surface area (Å²) in [5.41, 5.74) is 1.64. The zero-order valence-electron chi connectivity index (χ0n) is 14.7. The minimum absolute atomic E-state index is 0.0500. The van der Waals surface area contributed by atoms with Crippen LogP contribution in [0.1, 0.15) is 33.1 Å². The molecule has 0 amide bonds. The lowest BCUT2D eigenvalue weighted by atomic mass is 9.85. The van der Waals surface area contributed by atoms with Gasteiger partial charge in [0, 0.05) is 11.7 Å². The van der Waals surface area contributed by atoms with Gasteiger partial charge in [-0.25, -0.2) is 15.0 Å². The lowest BCUT2D eigenvalue weighted by Gasteiger charge is -2.23. The number of nitrogens with one attached hydrogen (secondary N) is 1. The van der Waals surface area contributed by atoms with Crippen LogP contribution in [0.5, 0.6) is 0 Å². The molecule has 6 nitrogen and oxygen atoms in total. The van der Waals surface area contributed by atoms with Gasteiger partial charge in [0.25, 0.3) is 5.56 Å². The van der Waals surface area contributed by atoms with Crippen LogP contribution in [0.4, 0.5) is 5.82 Å². The number of fused-ring (bicyclic) bond motifs is 3. The van der Waals surface area contributed by atoms with Crippen molar-refractivity contribution in [2.75, 3.05) is 5.32 Å². The zero-order valence-corrected chi connectivity index (χ0v) is 15.5. The van der Waals surface area contributed by atoms with E-state index >= 15 is 0 Å². The van der Waals surface area contributed by atoms with Gasteiger partial charge >= 0.3 is 0 Å². The normalized spacial score (nSPS) is 19.1. The fourth-order valence-electron chi connectivity index (χ4n) is 3.17. The summed E-state index contributed by atoms with van der Waals surface area (Å²) in [4.78, 5) is 27.2. The summed E-state index contributed by atoms with van der Waals surface area (Å²) >= 11 is 1.39. The molecule has 2 aliphatic rings. The van der Waals surface area contributed by atoms with Gasteiger partial charge in [-0.1, -0.05) is 26.0 Å². The minimum Gasteiger partial charge on any atom is -0.367 e. The minimum atomic E-state index is -0.0500. The maximum atomic E-state index is 13.1. The van der Waals surface area contributed by atoms with E-state index in [1.807, 2.05) is 6.08 Å². The van der Waals surface area contributed by atoms with Gasteiger partial charge in [-0.2, -0.15) is 0 Å². The molecule has 5 rings (SSSR count). The number of allylic oxidation sites excluding steroid dienone is 4. The predicted molar refractivity (Wildman–Crippen MR) is 105 cm³/mol. The molecule has 0 spiro atoms. The van der Waals surface area contributed by atoms with Crippen LogP contribution in [0.2, 0.25) is 0 Å². The topological polar surface area (TPSA) is 72.7 Å². The smallest absolute Gasteiger partial charge is 0.275 e. The van der Waals surface area contributed by atoms with Crippen molar-refractivity contribution in [2.24, 2.45) is 5.41 Å². The molecule has 3 aromatic rings. The molecule has 0 atom stereocenters. The molecule has 0 unspecified atom stereocenters. The molecular formula is C19H19N5OS. The second-order valence-electron chi connectivity index (χ2n) is 7.68. The maximum Gasteiger partial charge on any atom is 0.275 e. The summed E-state index contributed by atoms with van der Waals surface area (Å²) in [7, 11) is 0. The van der Waals surface area contributed by atoms with E-state index in [1.54, 1.807) is 17.2 Å². The van der Waals surface area contributed by atoms with Gasteiger partial charge < -0.3 is 5.32 Å². The van der Waals surface area contributed by atoms with E-state index in [0.717, 1.165) is 41.0 Å². The van der Waals surface area contributed by atoms with Gasteiger partial charge in [0.1, 0.15) is 33.5 Å². The quantitative estimate of drug-likeness (QED) is 0.764. The van der Waals surface area contributed by atoms with Gasteiger partial charge in [-0.05, 0) is 30.8 Å². The molecular weight excluding hydrogens is 346 g/mol. The number of rotatable bonds is 3. The Labute approximate surface area is 154 Å². The van der Waals surface area contributed by atoms with Crippen molar-refractivity contribution in [3.63, 3.8) is 0 Å². The Bertz CT molecular complexity index is 1150. The number of hydrogen-bond acceptors (Lipinski definition) is 6. The first-order chi connectivity index (χ1) is 12.5. The van der Waals surface area contributed by atoms with E-state index in [9.17, 15) is 4.79 Å². The van der Waals surface area contributed by atoms with Crippen LogP contribution in [-0.4, -0.2) is 25.6 Å². The van der Waals surface area contributed by atoms with Crippen LogP contribution in [-0.2, 0) is 0 Å². The molecule has 3 heterocycles. The van der Waals surface area contributed by atoms with Crippen LogP contribution in [0.25, 0.3) is 26.1 Å². The van der Waals surface area contributed by atoms with Gasteiger partial charge in [0.2, 0.25) is 0 Å². The van der Waals surface area contributed by atoms with Crippen molar-refractivity contribution >= 4 is 43.3 Å². The van der Waals surface area contributed by atoms with E-state index in [0.29, 0.717) is 16.3 Å². The Balaban J connectivity index is 1.67. The molecule has 0 radical (unpaired) electrons. The fraction of sp³-hybridized carbons (Fsp3) is 0.368. The molecule has 1 N–H and O–H groups in total. The second-order valence-corrected chi connectivity index (χ2v) is 8.67. The molecule has 7 heteroatoms. The van der Waals surface area contributed by atoms with Gasteiger partial charge in [-0.15, -0.1) is 11.3 Å². The molecule has 1 fully saturated rings. The summed E-state index contributed by atoms with van der Waals surface area (Å²) in [6, 6.07) is 0.476. The molecule has 3 aromatic heterocycles. The van der Waals surface area contributed by atoms with Crippen LogP contribution in [0, 0.1) is 5.41 Å². The molecule has 0 aliphatic heterocycles. The average molecular weight is 365 g/mol.